The first-order valence-electron chi connectivity index (χ1n) is 7.13. The van der Waals surface area contributed by atoms with Gasteiger partial charge in [-0.15, -0.1) is 0 Å². The lowest BCUT2D eigenvalue weighted by atomic mass is 9.75. The molecule has 1 atom stereocenters. The van der Waals surface area contributed by atoms with Crippen LogP contribution >= 0.6 is 15.9 Å². The molecule has 0 aromatic heterocycles. The van der Waals surface area contributed by atoms with Gasteiger partial charge in [-0.1, -0.05) is 36.7 Å². The van der Waals surface area contributed by atoms with E-state index in [0.717, 1.165) is 5.33 Å². The maximum atomic E-state index is 3.68. The third-order valence-corrected chi connectivity index (χ3v) is 5.52. The average molecular weight is 319 g/mol. The molecule has 1 aliphatic carbocycles. The molecule has 18 heavy (non-hydrogen) atoms. The summed E-state index contributed by atoms with van der Waals surface area (Å²) in [6, 6.07) is 0. The molecular weight excluding hydrogens is 288 g/mol. The first-order valence-corrected chi connectivity index (χ1v) is 8.25. The molecule has 1 saturated carbocycles. The maximum Gasteiger partial charge on any atom is 0.0330 e. The van der Waals surface area contributed by atoms with Crippen molar-refractivity contribution in [1.82, 2.24) is 9.80 Å². The lowest BCUT2D eigenvalue weighted by Gasteiger charge is -2.50. The van der Waals surface area contributed by atoms with E-state index in [0.29, 0.717) is 16.9 Å². The first kappa shape index (κ1) is 16.5. The van der Waals surface area contributed by atoms with Gasteiger partial charge in [0.1, 0.15) is 0 Å². The van der Waals surface area contributed by atoms with Gasteiger partial charge in [-0.05, 0) is 51.7 Å². The Morgan fingerprint density at radius 2 is 1.72 bits per heavy atom. The number of nitrogens with zero attached hydrogens (tertiary/aromatic N) is 2. The van der Waals surface area contributed by atoms with E-state index in [1.165, 1.54) is 32.4 Å². The summed E-state index contributed by atoms with van der Waals surface area (Å²) in [5, 5.41) is 1.09. The van der Waals surface area contributed by atoms with Crippen molar-refractivity contribution in [3.8, 4) is 0 Å². The number of likely N-dealkylation sites (N-methyl/N-ethyl adjacent to an activating group) is 2. The van der Waals surface area contributed by atoms with Crippen LogP contribution in [0.3, 0.4) is 0 Å². The van der Waals surface area contributed by atoms with Crippen LogP contribution in [-0.4, -0.2) is 54.9 Å². The maximum absolute atomic E-state index is 3.68. The average Bonchev–Trinajstić information content (AvgIpc) is 2.17. The van der Waals surface area contributed by atoms with Gasteiger partial charge in [-0.3, -0.25) is 0 Å². The Bertz CT molecular complexity index is 254. The summed E-state index contributed by atoms with van der Waals surface area (Å²) in [5.41, 5.74) is 0.826. The molecule has 0 aromatic rings. The van der Waals surface area contributed by atoms with E-state index < -0.39 is 0 Å². The van der Waals surface area contributed by atoms with Crippen molar-refractivity contribution in [2.24, 2.45) is 11.3 Å². The fourth-order valence-electron chi connectivity index (χ4n) is 2.83. The van der Waals surface area contributed by atoms with Crippen molar-refractivity contribution in [3.63, 3.8) is 0 Å². The number of hydrogen-bond acceptors (Lipinski definition) is 2. The molecule has 0 aromatic carbocycles. The zero-order valence-corrected chi connectivity index (χ0v) is 14.7. The van der Waals surface area contributed by atoms with E-state index in [9.17, 15) is 0 Å². The van der Waals surface area contributed by atoms with E-state index in [1.807, 2.05) is 0 Å². The SMILES string of the molecule is CN(CC(CBr)C(C)(C)C)CC1(N(C)C)CCC1. The molecule has 1 fully saturated rings. The summed E-state index contributed by atoms with van der Waals surface area (Å²) in [6.07, 6.45) is 4.12. The van der Waals surface area contributed by atoms with Crippen LogP contribution in [0.5, 0.6) is 0 Å². The number of hydrogen-bond donors (Lipinski definition) is 0. The number of alkyl halides is 1. The minimum atomic E-state index is 0.378. The Hall–Kier alpha value is 0.400. The lowest BCUT2D eigenvalue weighted by molar-refractivity contribution is 0.0201. The van der Waals surface area contributed by atoms with Crippen molar-refractivity contribution in [2.45, 2.75) is 45.6 Å². The highest BCUT2D eigenvalue weighted by atomic mass is 79.9. The van der Waals surface area contributed by atoms with Crippen LogP contribution in [0, 0.1) is 11.3 Å². The van der Waals surface area contributed by atoms with Crippen LogP contribution in [0.1, 0.15) is 40.0 Å². The van der Waals surface area contributed by atoms with Gasteiger partial charge in [-0.25, -0.2) is 0 Å². The van der Waals surface area contributed by atoms with E-state index in [1.54, 1.807) is 0 Å². The Kier molecular flexibility index (Phi) is 5.70. The topological polar surface area (TPSA) is 6.48 Å². The highest BCUT2D eigenvalue weighted by molar-refractivity contribution is 9.09. The number of rotatable bonds is 6. The summed E-state index contributed by atoms with van der Waals surface area (Å²) < 4.78 is 0. The zero-order chi connectivity index (χ0) is 14.0. The van der Waals surface area contributed by atoms with Gasteiger partial charge in [0.05, 0.1) is 0 Å². The van der Waals surface area contributed by atoms with Crippen LogP contribution < -0.4 is 0 Å². The minimum absolute atomic E-state index is 0.378. The normalized spacial score (nSPS) is 21.2. The monoisotopic (exact) mass is 318 g/mol. The van der Waals surface area contributed by atoms with Crippen LogP contribution in [0.25, 0.3) is 0 Å². The van der Waals surface area contributed by atoms with E-state index in [4.69, 9.17) is 0 Å². The number of halogens is 1. The molecule has 0 N–H and O–H groups in total. The second-order valence-electron chi connectivity index (χ2n) is 7.39. The molecule has 108 valence electrons. The lowest BCUT2D eigenvalue weighted by Crippen LogP contribution is -2.57. The summed E-state index contributed by atoms with van der Waals surface area (Å²) >= 11 is 3.68. The van der Waals surface area contributed by atoms with Gasteiger partial charge in [0.15, 0.2) is 0 Å². The fourth-order valence-corrected chi connectivity index (χ4v) is 4.00. The van der Waals surface area contributed by atoms with Gasteiger partial charge in [0.25, 0.3) is 0 Å². The molecule has 0 aliphatic heterocycles. The fraction of sp³-hybridized carbons (Fsp3) is 1.00. The van der Waals surface area contributed by atoms with Gasteiger partial charge < -0.3 is 9.80 Å². The molecule has 3 heteroatoms. The second kappa shape index (κ2) is 6.23. The first-order chi connectivity index (χ1) is 8.21. The highest BCUT2D eigenvalue weighted by Gasteiger charge is 2.40. The quantitative estimate of drug-likeness (QED) is 0.692. The van der Waals surface area contributed by atoms with Crippen molar-refractivity contribution < 1.29 is 0 Å². The summed E-state index contributed by atoms with van der Waals surface area (Å²) in [5.74, 6) is 0.710. The minimum Gasteiger partial charge on any atom is -0.304 e. The Labute approximate surface area is 122 Å². The third-order valence-electron chi connectivity index (χ3n) is 4.74. The molecule has 0 saturated heterocycles. The van der Waals surface area contributed by atoms with Crippen LogP contribution in [0.2, 0.25) is 0 Å². The van der Waals surface area contributed by atoms with Gasteiger partial charge in [-0.2, -0.15) is 0 Å². The van der Waals surface area contributed by atoms with Crippen molar-refractivity contribution in [2.75, 3.05) is 39.6 Å². The Morgan fingerprint density at radius 3 is 2.00 bits per heavy atom. The molecule has 0 bridgehead atoms. The Morgan fingerprint density at radius 1 is 1.17 bits per heavy atom. The third kappa shape index (κ3) is 3.94. The molecule has 0 amide bonds. The summed E-state index contributed by atoms with van der Waals surface area (Å²) in [6.45, 7) is 9.43. The van der Waals surface area contributed by atoms with Crippen LogP contribution in [-0.2, 0) is 0 Å². The van der Waals surface area contributed by atoms with E-state index >= 15 is 0 Å². The van der Waals surface area contributed by atoms with Gasteiger partial charge in [0, 0.05) is 24.0 Å². The molecule has 2 nitrogen and oxygen atoms in total. The van der Waals surface area contributed by atoms with Crippen molar-refractivity contribution in [3.05, 3.63) is 0 Å². The Balaban J connectivity index is 2.52. The van der Waals surface area contributed by atoms with Gasteiger partial charge >= 0.3 is 0 Å². The molecule has 1 unspecified atom stereocenters. The van der Waals surface area contributed by atoms with Crippen molar-refractivity contribution >= 4 is 15.9 Å². The molecule has 0 heterocycles. The standard InChI is InChI=1S/C15H31BrN2/c1-14(2,3)13(10-16)11-18(6)12-15(17(4)5)8-7-9-15/h13H,7-12H2,1-6H3. The molecule has 1 aliphatic rings. The molecule has 1 rings (SSSR count). The van der Waals surface area contributed by atoms with E-state index in [2.05, 4.69) is 67.6 Å². The molecule has 0 spiro atoms. The predicted molar refractivity (Wildman–Crippen MR) is 84.5 cm³/mol. The van der Waals surface area contributed by atoms with Crippen LogP contribution in [0.4, 0.5) is 0 Å². The molecule has 0 radical (unpaired) electrons. The molecular formula is C15H31BrN2. The smallest absolute Gasteiger partial charge is 0.0330 e. The largest absolute Gasteiger partial charge is 0.304 e. The highest BCUT2D eigenvalue weighted by Crippen LogP contribution is 2.37. The zero-order valence-electron chi connectivity index (χ0n) is 13.1. The summed E-state index contributed by atoms with van der Waals surface area (Å²) in [7, 11) is 6.75. The second-order valence-corrected chi connectivity index (χ2v) is 8.03. The van der Waals surface area contributed by atoms with Crippen molar-refractivity contribution in [1.29, 1.82) is 0 Å². The van der Waals surface area contributed by atoms with E-state index in [-0.39, 0.29) is 0 Å². The predicted octanol–water partition coefficient (Wildman–Crippen LogP) is 3.46. The van der Waals surface area contributed by atoms with Crippen LogP contribution in [0.15, 0.2) is 0 Å². The van der Waals surface area contributed by atoms with Gasteiger partial charge in [0.2, 0.25) is 0 Å². The summed E-state index contributed by atoms with van der Waals surface area (Å²) in [4.78, 5) is 4.98.